The Labute approximate surface area is 58.6 Å². The molecule has 0 aliphatic heterocycles. The molecule has 1 rings (SSSR count). The third kappa shape index (κ3) is 1.62. The summed E-state index contributed by atoms with van der Waals surface area (Å²) in [5, 5.41) is 0. The molecule has 0 N–H and O–H groups in total. The molecule has 54 valence electrons. The lowest BCUT2D eigenvalue weighted by Crippen LogP contribution is -1.86. The van der Waals surface area contributed by atoms with E-state index >= 15 is 0 Å². The van der Waals surface area contributed by atoms with Crippen molar-refractivity contribution in [1.82, 2.24) is 0 Å². The summed E-state index contributed by atoms with van der Waals surface area (Å²) in [4.78, 5) is 9.72. The van der Waals surface area contributed by atoms with Crippen molar-refractivity contribution in [2.45, 2.75) is 13.5 Å². The average Bonchev–Trinajstić information content (AvgIpc) is 2.31. The molecule has 0 amide bonds. The Morgan fingerprint density at radius 3 is 3.00 bits per heavy atom. The monoisotopic (exact) mass is 140 g/mol. The Hall–Kier alpha value is -1.25. The normalized spacial score (nSPS) is 9.30. The van der Waals surface area contributed by atoms with Crippen LogP contribution in [0.4, 0.5) is 0 Å². The van der Waals surface area contributed by atoms with E-state index in [1.165, 1.54) is 0 Å². The summed E-state index contributed by atoms with van der Waals surface area (Å²) in [5.41, 5.74) is 0. The fourth-order valence-corrected chi connectivity index (χ4v) is 0.679. The van der Waals surface area contributed by atoms with Crippen LogP contribution in [0.3, 0.4) is 0 Å². The molecule has 0 aliphatic carbocycles. The van der Waals surface area contributed by atoms with E-state index in [9.17, 15) is 4.79 Å². The second-order valence-corrected chi connectivity index (χ2v) is 1.92. The molecule has 0 saturated heterocycles. The van der Waals surface area contributed by atoms with Gasteiger partial charge in [-0.15, -0.1) is 0 Å². The first-order chi connectivity index (χ1) is 4.83. The van der Waals surface area contributed by atoms with Gasteiger partial charge in [-0.05, 0) is 19.1 Å². The molecule has 0 bridgehead atoms. The van der Waals surface area contributed by atoms with E-state index in [-0.39, 0.29) is 6.61 Å². The molecule has 3 heteroatoms. The Morgan fingerprint density at radius 2 is 2.50 bits per heavy atom. The van der Waals surface area contributed by atoms with Crippen molar-refractivity contribution in [3.8, 4) is 0 Å². The molecule has 0 atom stereocenters. The van der Waals surface area contributed by atoms with Crippen LogP contribution in [0.15, 0.2) is 16.5 Å². The van der Waals surface area contributed by atoms with Gasteiger partial charge in [-0.3, -0.25) is 4.79 Å². The van der Waals surface area contributed by atoms with E-state index in [2.05, 4.69) is 4.74 Å². The van der Waals surface area contributed by atoms with Crippen molar-refractivity contribution >= 4 is 6.47 Å². The van der Waals surface area contributed by atoms with Crippen LogP contribution in [0.1, 0.15) is 11.5 Å². The molecule has 0 aromatic carbocycles. The molecular formula is C7H8O3. The van der Waals surface area contributed by atoms with Crippen LogP contribution in [-0.4, -0.2) is 6.47 Å². The molecule has 0 spiro atoms. The van der Waals surface area contributed by atoms with E-state index in [0.717, 1.165) is 5.76 Å². The van der Waals surface area contributed by atoms with Gasteiger partial charge in [-0.1, -0.05) is 0 Å². The van der Waals surface area contributed by atoms with E-state index in [1.807, 2.05) is 13.0 Å². The fraction of sp³-hybridized carbons (Fsp3) is 0.286. The molecule has 0 aliphatic rings. The highest BCUT2D eigenvalue weighted by atomic mass is 16.5. The minimum atomic E-state index is 0.220. The highest BCUT2D eigenvalue weighted by Crippen LogP contribution is 2.06. The van der Waals surface area contributed by atoms with Crippen LogP contribution in [0.2, 0.25) is 0 Å². The molecule has 0 unspecified atom stereocenters. The summed E-state index contributed by atoms with van der Waals surface area (Å²) < 4.78 is 9.56. The van der Waals surface area contributed by atoms with Gasteiger partial charge < -0.3 is 9.15 Å². The average molecular weight is 140 g/mol. The van der Waals surface area contributed by atoms with Gasteiger partial charge in [-0.25, -0.2) is 0 Å². The maximum absolute atomic E-state index is 9.72. The number of furan rings is 1. The smallest absolute Gasteiger partial charge is 0.293 e. The van der Waals surface area contributed by atoms with Gasteiger partial charge >= 0.3 is 0 Å². The molecule has 0 fully saturated rings. The lowest BCUT2D eigenvalue weighted by atomic mass is 10.4. The van der Waals surface area contributed by atoms with Crippen molar-refractivity contribution in [3.63, 3.8) is 0 Å². The molecule has 0 saturated carbocycles. The summed E-state index contributed by atoms with van der Waals surface area (Å²) in [7, 11) is 0. The number of carbonyl (C=O) groups excluding carboxylic acids is 1. The van der Waals surface area contributed by atoms with E-state index < -0.39 is 0 Å². The fourth-order valence-electron chi connectivity index (χ4n) is 0.679. The van der Waals surface area contributed by atoms with E-state index in [4.69, 9.17) is 4.42 Å². The second-order valence-electron chi connectivity index (χ2n) is 1.92. The summed E-state index contributed by atoms with van der Waals surface area (Å²) in [6.07, 6.45) is 0. The van der Waals surface area contributed by atoms with Gasteiger partial charge in [0.2, 0.25) is 0 Å². The molecule has 10 heavy (non-hydrogen) atoms. The summed E-state index contributed by atoms with van der Waals surface area (Å²) in [5.74, 6) is 1.49. The minimum absolute atomic E-state index is 0.220. The number of aryl methyl sites for hydroxylation is 1. The zero-order valence-electron chi connectivity index (χ0n) is 5.66. The van der Waals surface area contributed by atoms with Crippen molar-refractivity contribution in [2.24, 2.45) is 0 Å². The summed E-state index contributed by atoms with van der Waals surface area (Å²) in [6, 6.07) is 3.60. The van der Waals surface area contributed by atoms with Crippen molar-refractivity contribution < 1.29 is 13.9 Å². The molecular weight excluding hydrogens is 132 g/mol. The molecule has 3 nitrogen and oxygen atoms in total. The number of rotatable bonds is 3. The number of hydrogen-bond acceptors (Lipinski definition) is 3. The van der Waals surface area contributed by atoms with Gasteiger partial charge in [-0.2, -0.15) is 0 Å². The van der Waals surface area contributed by atoms with Crippen LogP contribution >= 0.6 is 0 Å². The van der Waals surface area contributed by atoms with Crippen molar-refractivity contribution in [2.75, 3.05) is 0 Å². The van der Waals surface area contributed by atoms with E-state index in [1.54, 1.807) is 6.07 Å². The third-order valence-corrected chi connectivity index (χ3v) is 1.09. The first-order valence-electron chi connectivity index (χ1n) is 2.93. The summed E-state index contributed by atoms with van der Waals surface area (Å²) >= 11 is 0. The predicted octanol–water partition coefficient (Wildman–Crippen LogP) is 1.26. The Bertz CT molecular complexity index is 214. The molecule has 1 aromatic rings. The van der Waals surface area contributed by atoms with Crippen LogP contribution in [0.5, 0.6) is 0 Å². The van der Waals surface area contributed by atoms with Crippen LogP contribution in [0, 0.1) is 6.92 Å². The predicted molar refractivity (Wildman–Crippen MR) is 34.3 cm³/mol. The van der Waals surface area contributed by atoms with Crippen molar-refractivity contribution in [3.05, 3.63) is 23.7 Å². The highest BCUT2D eigenvalue weighted by molar-refractivity contribution is 5.37. The first kappa shape index (κ1) is 6.86. The standard InChI is InChI=1S/C7H8O3/c1-6-2-3-7(10-6)4-9-5-8/h2-3,5H,4H2,1H3. The van der Waals surface area contributed by atoms with Gasteiger partial charge in [0.1, 0.15) is 18.1 Å². The van der Waals surface area contributed by atoms with Crippen LogP contribution in [0.25, 0.3) is 0 Å². The third-order valence-electron chi connectivity index (χ3n) is 1.09. The number of hydrogen-bond donors (Lipinski definition) is 0. The Morgan fingerprint density at radius 1 is 1.70 bits per heavy atom. The van der Waals surface area contributed by atoms with Crippen LogP contribution < -0.4 is 0 Å². The van der Waals surface area contributed by atoms with Crippen LogP contribution in [-0.2, 0) is 16.1 Å². The van der Waals surface area contributed by atoms with Gasteiger partial charge in [0.05, 0.1) is 0 Å². The summed E-state index contributed by atoms with van der Waals surface area (Å²) in [6.45, 7) is 2.46. The second kappa shape index (κ2) is 3.06. The van der Waals surface area contributed by atoms with Gasteiger partial charge in [0.25, 0.3) is 6.47 Å². The topological polar surface area (TPSA) is 39.4 Å². The largest absolute Gasteiger partial charge is 0.463 e. The maximum atomic E-state index is 9.72. The first-order valence-corrected chi connectivity index (χ1v) is 2.93. The SMILES string of the molecule is Cc1ccc(COC=O)o1. The van der Waals surface area contributed by atoms with Gasteiger partial charge in [0.15, 0.2) is 0 Å². The lowest BCUT2D eigenvalue weighted by molar-refractivity contribution is -0.130. The van der Waals surface area contributed by atoms with E-state index in [0.29, 0.717) is 12.2 Å². The molecule has 1 heterocycles. The van der Waals surface area contributed by atoms with Gasteiger partial charge in [0, 0.05) is 0 Å². The quantitative estimate of drug-likeness (QED) is 0.593. The van der Waals surface area contributed by atoms with Crippen molar-refractivity contribution in [1.29, 1.82) is 0 Å². The maximum Gasteiger partial charge on any atom is 0.293 e. The zero-order chi connectivity index (χ0) is 7.40. The molecule has 1 aromatic heterocycles. The molecule has 0 radical (unpaired) electrons. The Balaban J connectivity index is 2.49. The zero-order valence-corrected chi connectivity index (χ0v) is 5.66. The highest BCUT2D eigenvalue weighted by Gasteiger charge is 1.96. The number of carbonyl (C=O) groups is 1. The lowest BCUT2D eigenvalue weighted by Gasteiger charge is -1.91. The Kier molecular flexibility index (Phi) is 2.10. The minimum Gasteiger partial charge on any atom is -0.463 e. The number of ether oxygens (including phenoxy) is 1.